The van der Waals surface area contributed by atoms with E-state index in [1.807, 2.05) is 6.07 Å². The number of aromatic nitrogens is 1. The standard InChI is InChI=1S/C23H16F3N3O2/c24-23(25,26)15-4-2-5-16(12-15)29-22(30)20-6-1-3-14-11-17(7-8-19(14)20)31-18-9-10-28-21(27)13-18/h1-13H,(H2,27,28)(H,29,30). The molecule has 0 atom stereocenters. The van der Waals surface area contributed by atoms with Crippen molar-refractivity contribution in [3.8, 4) is 11.5 Å². The van der Waals surface area contributed by atoms with E-state index in [-0.39, 0.29) is 5.69 Å². The van der Waals surface area contributed by atoms with Crippen molar-refractivity contribution in [2.45, 2.75) is 6.18 Å². The van der Waals surface area contributed by atoms with E-state index < -0.39 is 17.6 Å². The van der Waals surface area contributed by atoms with E-state index in [9.17, 15) is 18.0 Å². The first-order valence-corrected chi connectivity index (χ1v) is 9.20. The van der Waals surface area contributed by atoms with Gasteiger partial charge in [-0.1, -0.05) is 18.2 Å². The van der Waals surface area contributed by atoms with Gasteiger partial charge in [-0.3, -0.25) is 4.79 Å². The average Bonchev–Trinajstić information content (AvgIpc) is 2.73. The predicted molar refractivity (Wildman–Crippen MR) is 112 cm³/mol. The Hall–Kier alpha value is -4.07. The molecule has 0 aliphatic heterocycles. The molecule has 1 amide bonds. The van der Waals surface area contributed by atoms with Gasteiger partial charge >= 0.3 is 6.18 Å². The van der Waals surface area contributed by atoms with Gasteiger partial charge in [-0.25, -0.2) is 4.98 Å². The van der Waals surface area contributed by atoms with Gasteiger partial charge in [0, 0.05) is 23.5 Å². The zero-order valence-corrected chi connectivity index (χ0v) is 16.0. The Labute approximate surface area is 175 Å². The molecule has 5 nitrogen and oxygen atoms in total. The van der Waals surface area contributed by atoms with Gasteiger partial charge in [0.25, 0.3) is 5.91 Å². The monoisotopic (exact) mass is 423 g/mol. The highest BCUT2D eigenvalue weighted by Gasteiger charge is 2.30. The van der Waals surface area contributed by atoms with Crippen molar-refractivity contribution in [3.05, 3.63) is 90.1 Å². The molecule has 0 unspecified atom stereocenters. The third-order valence-electron chi connectivity index (χ3n) is 4.53. The molecule has 0 bridgehead atoms. The van der Waals surface area contributed by atoms with Crippen molar-refractivity contribution in [1.82, 2.24) is 4.98 Å². The average molecular weight is 423 g/mol. The number of amides is 1. The van der Waals surface area contributed by atoms with Gasteiger partial charge in [-0.05, 0) is 59.3 Å². The Kier molecular flexibility index (Phi) is 5.21. The molecular formula is C23H16F3N3O2. The summed E-state index contributed by atoms with van der Waals surface area (Å²) in [6.45, 7) is 0. The number of fused-ring (bicyclic) bond motifs is 1. The van der Waals surface area contributed by atoms with Crippen LogP contribution in [0.4, 0.5) is 24.7 Å². The summed E-state index contributed by atoms with van der Waals surface area (Å²) in [4.78, 5) is 16.7. The zero-order chi connectivity index (χ0) is 22.0. The van der Waals surface area contributed by atoms with E-state index in [0.717, 1.165) is 17.5 Å². The maximum Gasteiger partial charge on any atom is 0.416 e. The molecule has 8 heteroatoms. The SMILES string of the molecule is Nc1cc(Oc2ccc3c(C(=O)Nc4cccc(C(F)(F)F)c4)cccc3c2)ccn1. The van der Waals surface area contributed by atoms with Crippen LogP contribution in [0, 0.1) is 0 Å². The number of alkyl halides is 3. The van der Waals surface area contributed by atoms with Crippen molar-refractivity contribution in [1.29, 1.82) is 0 Å². The molecule has 0 spiro atoms. The third kappa shape index (κ3) is 4.58. The molecule has 0 fully saturated rings. The maximum atomic E-state index is 12.9. The summed E-state index contributed by atoms with van der Waals surface area (Å²) in [5.74, 6) is 0.867. The van der Waals surface area contributed by atoms with Crippen molar-refractivity contribution in [3.63, 3.8) is 0 Å². The van der Waals surface area contributed by atoms with Crippen LogP contribution in [0.15, 0.2) is 79.0 Å². The number of hydrogen-bond acceptors (Lipinski definition) is 4. The summed E-state index contributed by atoms with van der Waals surface area (Å²) in [7, 11) is 0. The van der Waals surface area contributed by atoms with E-state index in [4.69, 9.17) is 10.5 Å². The number of hydrogen-bond donors (Lipinski definition) is 2. The number of ether oxygens (including phenoxy) is 1. The smallest absolute Gasteiger partial charge is 0.416 e. The van der Waals surface area contributed by atoms with Gasteiger partial charge in [-0.2, -0.15) is 13.2 Å². The molecule has 0 aliphatic rings. The van der Waals surface area contributed by atoms with Crippen LogP contribution < -0.4 is 15.8 Å². The van der Waals surface area contributed by atoms with Crippen LogP contribution in [0.5, 0.6) is 11.5 Å². The molecule has 0 aliphatic carbocycles. The predicted octanol–water partition coefficient (Wildman–Crippen LogP) is 5.88. The minimum Gasteiger partial charge on any atom is -0.457 e. The third-order valence-corrected chi connectivity index (χ3v) is 4.53. The molecule has 0 radical (unpaired) electrons. The highest BCUT2D eigenvalue weighted by Crippen LogP contribution is 2.31. The van der Waals surface area contributed by atoms with E-state index >= 15 is 0 Å². The quantitative estimate of drug-likeness (QED) is 0.430. The molecule has 0 saturated carbocycles. The second kappa shape index (κ2) is 7.98. The lowest BCUT2D eigenvalue weighted by molar-refractivity contribution is -0.137. The molecule has 1 heterocycles. The van der Waals surface area contributed by atoms with Crippen LogP contribution in [0.25, 0.3) is 10.8 Å². The van der Waals surface area contributed by atoms with E-state index in [1.54, 1.807) is 42.5 Å². The lowest BCUT2D eigenvalue weighted by Gasteiger charge is -2.12. The van der Waals surface area contributed by atoms with Crippen molar-refractivity contribution in [2.75, 3.05) is 11.1 Å². The van der Waals surface area contributed by atoms with Gasteiger partial charge in [0.15, 0.2) is 0 Å². The molecule has 3 N–H and O–H groups in total. The lowest BCUT2D eigenvalue weighted by atomic mass is 10.0. The molecule has 31 heavy (non-hydrogen) atoms. The number of nitrogens with zero attached hydrogens (tertiary/aromatic N) is 1. The second-order valence-corrected chi connectivity index (χ2v) is 6.74. The molecular weight excluding hydrogens is 407 g/mol. The van der Waals surface area contributed by atoms with E-state index in [0.29, 0.717) is 28.3 Å². The van der Waals surface area contributed by atoms with Gasteiger partial charge < -0.3 is 15.8 Å². The number of nitrogen functional groups attached to an aromatic ring is 1. The number of carbonyl (C=O) groups is 1. The highest BCUT2D eigenvalue weighted by molar-refractivity contribution is 6.13. The Morgan fingerprint density at radius 2 is 1.71 bits per heavy atom. The Morgan fingerprint density at radius 3 is 2.48 bits per heavy atom. The molecule has 4 rings (SSSR count). The number of halogens is 3. The Bertz CT molecular complexity index is 1270. The number of pyridine rings is 1. The van der Waals surface area contributed by atoms with Crippen LogP contribution in [0.1, 0.15) is 15.9 Å². The topological polar surface area (TPSA) is 77.2 Å². The molecule has 3 aromatic carbocycles. The van der Waals surface area contributed by atoms with E-state index in [2.05, 4.69) is 10.3 Å². The van der Waals surface area contributed by atoms with Gasteiger partial charge in [0.05, 0.1) is 5.56 Å². The molecule has 0 saturated heterocycles. The lowest BCUT2D eigenvalue weighted by Crippen LogP contribution is -2.13. The number of nitrogens with two attached hydrogens (primary N) is 1. The summed E-state index contributed by atoms with van der Waals surface area (Å²) in [6.07, 6.45) is -2.96. The molecule has 1 aromatic heterocycles. The number of benzene rings is 3. The largest absolute Gasteiger partial charge is 0.457 e. The van der Waals surface area contributed by atoms with Crippen LogP contribution in [-0.4, -0.2) is 10.9 Å². The van der Waals surface area contributed by atoms with Crippen molar-refractivity contribution >= 4 is 28.2 Å². The van der Waals surface area contributed by atoms with Crippen molar-refractivity contribution < 1.29 is 22.7 Å². The number of rotatable bonds is 4. The number of carbonyl (C=O) groups excluding carboxylic acids is 1. The van der Waals surface area contributed by atoms with Gasteiger partial charge in [-0.15, -0.1) is 0 Å². The Morgan fingerprint density at radius 1 is 0.935 bits per heavy atom. The fourth-order valence-electron chi connectivity index (χ4n) is 3.12. The van der Waals surface area contributed by atoms with Crippen LogP contribution in [0.2, 0.25) is 0 Å². The van der Waals surface area contributed by atoms with Crippen molar-refractivity contribution in [2.24, 2.45) is 0 Å². The fraction of sp³-hybridized carbons (Fsp3) is 0.0435. The first-order chi connectivity index (χ1) is 14.8. The summed E-state index contributed by atoms with van der Waals surface area (Å²) in [5.41, 5.74) is 5.21. The highest BCUT2D eigenvalue weighted by atomic mass is 19.4. The van der Waals surface area contributed by atoms with Gasteiger partial charge in [0.1, 0.15) is 17.3 Å². The fourth-order valence-corrected chi connectivity index (χ4v) is 3.12. The first-order valence-electron chi connectivity index (χ1n) is 9.20. The van der Waals surface area contributed by atoms with Crippen LogP contribution in [0.3, 0.4) is 0 Å². The summed E-state index contributed by atoms with van der Waals surface area (Å²) < 4.78 is 44.5. The van der Waals surface area contributed by atoms with Gasteiger partial charge in [0.2, 0.25) is 0 Å². The van der Waals surface area contributed by atoms with Crippen LogP contribution >= 0.6 is 0 Å². The second-order valence-electron chi connectivity index (χ2n) is 6.74. The normalized spacial score (nSPS) is 11.3. The number of anilines is 2. The summed E-state index contributed by atoms with van der Waals surface area (Å²) in [6, 6.07) is 18.0. The first kappa shape index (κ1) is 20.2. The summed E-state index contributed by atoms with van der Waals surface area (Å²) in [5, 5.41) is 3.90. The van der Waals surface area contributed by atoms with Crippen LogP contribution in [-0.2, 0) is 6.18 Å². The molecule has 156 valence electrons. The summed E-state index contributed by atoms with van der Waals surface area (Å²) >= 11 is 0. The maximum absolute atomic E-state index is 12.9. The number of nitrogens with one attached hydrogen (secondary N) is 1. The molecule has 4 aromatic rings. The van der Waals surface area contributed by atoms with E-state index in [1.165, 1.54) is 18.3 Å². The minimum absolute atomic E-state index is 0.0621. The Balaban J connectivity index is 1.60. The minimum atomic E-state index is -4.49. The zero-order valence-electron chi connectivity index (χ0n) is 16.0.